The molecule has 0 aromatic rings. The predicted molar refractivity (Wildman–Crippen MR) is 38.2 cm³/mol. The Morgan fingerprint density at radius 1 is 1.44 bits per heavy atom. The summed E-state index contributed by atoms with van der Waals surface area (Å²) in [6, 6.07) is 0. The average Bonchev–Trinajstić information content (AvgIpc) is 1.63. The van der Waals surface area contributed by atoms with E-state index in [9.17, 15) is 4.79 Å². The number of carbonyl (C=O) groups is 1. The van der Waals surface area contributed by atoms with Gasteiger partial charge in [-0.1, -0.05) is 20.8 Å². The molecule has 0 saturated carbocycles. The molecule has 0 spiro atoms. The van der Waals surface area contributed by atoms with Crippen molar-refractivity contribution in [1.29, 1.82) is 0 Å². The molecular weight excluding hydrogens is 113 g/mol. The molecule has 1 amide bonds. The van der Waals surface area contributed by atoms with Gasteiger partial charge < -0.3 is 5.32 Å². The van der Waals surface area contributed by atoms with Crippen LogP contribution in [0.1, 0.15) is 20.8 Å². The summed E-state index contributed by atoms with van der Waals surface area (Å²) < 4.78 is 0. The fourth-order valence-electron chi connectivity index (χ4n) is 0.391. The second-order valence-corrected chi connectivity index (χ2v) is 2.45. The van der Waals surface area contributed by atoms with Gasteiger partial charge in [-0.3, -0.25) is 4.79 Å². The maximum Gasteiger partial charge on any atom is 0.222 e. The highest BCUT2D eigenvalue weighted by atomic mass is 16.1. The van der Waals surface area contributed by atoms with E-state index in [1.165, 1.54) is 0 Å². The van der Waals surface area contributed by atoms with Crippen LogP contribution < -0.4 is 5.32 Å². The van der Waals surface area contributed by atoms with Crippen LogP contribution in [0.3, 0.4) is 0 Å². The lowest BCUT2D eigenvalue weighted by atomic mass is 9.98. The van der Waals surface area contributed by atoms with Gasteiger partial charge in [-0.25, -0.2) is 0 Å². The van der Waals surface area contributed by atoms with Gasteiger partial charge in [0.15, 0.2) is 0 Å². The number of hydrogen-bond acceptors (Lipinski definition) is 1. The lowest BCUT2D eigenvalue weighted by molar-refractivity contribution is -0.124. The predicted octanol–water partition coefficient (Wildman–Crippen LogP) is 0.273. The summed E-state index contributed by atoms with van der Waals surface area (Å²) in [7, 11) is 5.30. The minimum Gasteiger partial charge on any atom is -0.362 e. The molecule has 0 aromatic carbocycles. The molecule has 3 heteroatoms. The first kappa shape index (κ1) is 8.53. The quantitative estimate of drug-likeness (QED) is 0.527. The molecule has 0 aliphatic rings. The van der Waals surface area contributed by atoms with E-state index in [0.717, 1.165) is 0 Å². The van der Waals surface area contributed by atoms with Gasteiger partial charge in [0.1, 0.15) is 0 Å². The average molecular weight is 125 g/mol. The van der Waals surface area contributed by atoms with Crippen LogP contribution in [-0.2, 0) is 4.79 Å². The monoisotopic (exact) mass is 125 g/mol. The molecule has 1 unspecified atom stereocenters. The number of rotatable bonds is 2. The number of carbonyl (C=O) groups excluding carboxylic acids is 1. The number of nitrogens with one attached hydrogen (secondary N) is 1. The van der Waals surface area contributed by atoms with Crippen molar-refractivity contribution in [3.8, 4) is 0 Å². The summed E-state index contributed by atoms with van der Waals surface area (Å²) in [6.07, 6.45) is 0. The Kier molecular flexibility index (Phi) is 3.36. The van der Waals surface area contributed by atoms with E-state index in [2.05, 4.69) is 5.32 Å². The van der Waals surface area contributed by atoms with Crippen molar-refractivity contribution in [3.05, 3.63) is 0 Å². The van der Waals surface area contributed by atoms with Crippen molar-refractivity contribution < 1.29 is 4.79 Å². The first-order valence-electron chi connectivity index (χ1n) is 3.10. The first-order valence-corrected chi connectivity index (χ1v) is 3.10. The molecule has 0 aliphatic carbocycles. The molecule has 0 heterocycles. The molecule has 2 nitrogen and oxygen atoms in total. The smallest absolute Gasteiger partial charge is 0.222 e. The Labute approximate surface area is 57.4 Å². The van der Waals surface area contributed by atoms with E-state index in [4.69, 9.17) is 7.85 Å². The molecule has 0 rings (SSSR count). The lowest BCUT2D eigenvalue weighted by Gasteiger charge is -2.09. The van der Waals surface area contributed by atoms with Crippen molar-refractivity contribution in [2.75, 3.05) is 0 Å². The van der Waals surface area contributed by atoms with Gasteiger partial charge in [0.05, 0.1) is 7.85 Å². The van der Waals surface area contributed by atoms with Crippen molar-refractivity contribution in [2.24, 2.45) is 5.92 Å². The highest BCUT2D eigenvalue weighted by Crippen LogP contribution is 1.90. The van der Waals surface area contributed by atoms with Crippen LogP contribution in [-0.4, -0.2) is 19.7 Å². The molecule has 1 N–H and O–H groups in total. The standard InChI is InChI=1S/C6H12BNO/c1-4(2)6(9)8-5(3)7/h4-5H,1-3H3,(H,8,9). The molecule has 0 aliphatic heterocycles. The third-order valence-electron chi connectivity index (χ3n) is 0.894. The van der Waals surface area contributed by atoms with Gasteiger partial charge in [0, 0.05) is 5.92 Å². The number of hydrogen-bond donors (Lipinski definition) is 1. The van der Waals surface area contributed by atoms with Crippen molar-refractivity contribution in [2.45, 2.75) is 26.7 Å². The summed E-state index contributed by atoms with van der Waals surface area (Å²) >= 11 is 0. The Morgan fingerprint density at radius 3 is 2.00 bits per heavy atom. The summed E-state index contributed by atoms with van der Waals surface area (Å²) in [5.41, 5.74) is 0. The van der Waals surface area contributed by atoms with Gasteiger partial charge in [0.25, 0.3) is 0 Å². The highest BCUT2D eigenvalue weighted by Gasteiger charge is 2.05. The van der Waals surface area contributed by atoms with Crippen LogP contribution in [0.2, 0.25) is 0 Å². The molecule has 50 valence electrons. The van der Waals surface area contributed by atoms with Crippen LogP contribution in [0, 0.1) is 5.92 Å². The van der Waals surface area contributed by atoms with E-state index < -0.39 is 0 Å². The fraction of sp³-hybridized carbons (Fsp3) is 0.833. The molecular formula is C6H12BNO. The van der Waals surface area contributed by atoms with Crippen LogP contribution in [0.15, 0.2) is 0 Å². The Morgan fingerprint density at radius 2 is 1.89 bits per heavy atom. The topological polar surface area (TPSA) is 29.1 Å². The molecule has 2 radical (unpaired) electrons. The van der Waals surface area contributed by atoms with Gasteiger partial charge >= 0.3 is 0 Å². The Balaban J connectivity index is 3.51. The second-order valence-electron chi connectivity index (χ2n) is 2.45. The first-order chi connectivity index (χ1) is 4.04. The molecule has 1 atom stereocenters. The second kappa shape index (κ2) is 3.54. The van der Waals surface area contributed by atoms with E-state index in [-0.39, 0.29) is 17.8 Å². The largest absolute Gasteiger partial charge is 0.362 e. The van der Waals surface area contributed by atoms with Crippen molar-refractivity contribution in [1.82, 2.24) is 5.32 Å². The molecule has 0 saturated heterocycles. The molecule has 0 bridgehead atoms. The van der Waals surface area contributed by atoms with Gasteiger partial charge in [-0.15, -0.1) is 0 Å². The van der Waals surface area contributed by atoms with Gasteiger partial charge in [-0.05, 0) is 5.94 Å². The highest BCUT2D eigenvalue weighted by molar-refractivity contribution is 6.12. The Hall–Kier alpha value is -0.465. The normalized spacial score (nSPS) is 13.3. The SMILES string of the molecule is [B]C(C)NC(=O)C(C)C. The van der Waals surface area contributed by atoms with Crippen LogP contribution in [0.25, 0.3) is 0 Å². The van der Waals surface area contributed by atoms with Crippen molar-refractivity contribution in [3.63, 3.8) is 0 Å². The summed E-state index contributed by atoms with van der Waals surface area (Å²) in [5, 5.41) is 2.58. The summed E-state index contributed by atoms with van der Waals surface area (Å²) in [4.78, 5) is 10.8. The molecule has 9 heavy (non-hydrogen) atoms. The van der Waals surface area contributed by atoms with Crippen LogP contribution in [0.5, 0.6) is 0 Å². The molecule has 0 fully saturated rings. The number of amides is 1. The zero-order valence-electron chi connectivity index (χ0n) is 6.14. The van der Waals surface area contributed by atoms with Crippen molar-refractivity contribution >= 4 is 13.8 Å². The van der Waals surface area contributed by atoms with Crippen LogP contribution >= 0.6 is 0 Å². The fourth-order valence-corrected chi connectivity index (χ4v) is 0.391. The lowest BCUT2D eigenvalue weighted by Crippen LogP contribution is -2.35. The third-order valence-corrected chi connectivity index (χ3v) is 0.894. The maximum absolute atomic E-state index is 10.8. The van der Waals surface area contributed by atoms with E-state index in [1.807, 2.05) is 13.8 Å². The Bertz CT molecular complexity index is 101. The third kappa shape index (κ3) is 4.07. The van der Waals surface area contributed by atoms with Crippen LogP contribution in [0.4, 0.5) is 0 Å². The van der Waals surface area contributed by atoms with E-state index in [0.29, 0.717) is 0 Å². The maximum atomic E-state index is 10.8. The zero-order valence-corrected chi connectivity index (χ0v) is 6.14. The van der Waals surface area contributed by atoms with Gasteiger partial charge in [0.2, 0.25) is 5.91 Å². The zero-order chi connectivity index (χ0) is 7.44. The van der Waals surface area contributed by atoms with Gasteiger partial charge in [-0.2, -0.15) is 0 Å². The van der Waals surface area contributed by atoms with E-state index in [1.54, 1.807) is 6.92 Å². The minimum absolute atomic E-state index is 0.00463. The summed E-state index contributed by atoms with van der Waals surface area (Å²) in [5.74, 6) is -0.208. The van der Waals surface area contributed by atoms with E-state index >= 15 is 0 Å². The molecule has 0 aromatic heterocycles. The minimum atomic E-state index is -0.236. The summed E-state index contributed by atoms with van der Waals surface area (Å²) in [6.45, 7) is 5.40.